The van der Waals surface area contributed by atoms with Crippen LogP contribution in [-0.4, -0.2) is 9.38 Å². The number of imidazole rings is 1. The van der Waals surface area contributed by atoms with Crippen LogP contribution in [0.25, 0.3) is 50.1 Å². The van der Waals surface area contributed by atoms with Crippen LogP contribution in [0.5, 0.6) is 0 Å². The van der Waals surface area contributed by atoms with Crippen LogP contribution >= 0.6 is 0 Å². The first kappa shape index (κ1) is 25.8. The van der Waals surface area contributed by atoms with Crippen molar-refractivity contribution < 1.29 is 0 Å². The van der Waals surface area contributed by atoms with Gasteiger partial charge in [0.15, 0.2) is 0 Å². The molecule has 0 aliphatic rings. The average Bonchev–Trinajstić information content (AvgIpc) is 3.50. The lowest BCUT2D eigenvalue weighted by Crippen LogP contribution is -2.10. The molecule has 3 heteroatoms. The highest BCUT2D eigenvalue weighted by Gasteiger charge is 2.18. The highest BCUT2D eigenvalue weighted by molar-refractivity contribution is 5.90. The van der Waals surface area contributed by atoms with Gasteiger partial charge in [0, 0.05) is 34.4 Å². The summed E-state index contributed by atoms with van der Waals surface area (Å²) in [7, 11) is 0. The Hall–Kier alpha value is -5.93. The van der Waals surface area contributed by atoms with E-state index in [1.807, 2.05) is 12.1 Å². The molecule has 2 aromatic heterocycles. The van der Waals surface area contributed by atoms with E-state index in [9.17, 15) is 0 Å². The lowest BCUT2D eigenvalue weighted by atomic mass is 10.0. The van der Waals surface area contributed by atoms with Crippen molar-refractivity contribution in [1.82, 2.24) is 9.38 Å². The highest BCUT2D eigenvalue weighted by Crippen LogP contribution is 2.39. The van der Waals surface area contributed by atoms with Gasteiger partial charge in [-0.05, 0) is 70.4 Å². The molecule has 0 saturated heterocycles. The summed E-state index contributed by atoms with van der Waals surface area (Å²) in [5.74, 6) is 0. The smallest absolute Gasteiger partial charge is 0.137 e. The van der Waals surface area contributed by atoms with Gasteiger partial charge >= 0.3 is 0 Å². The van der Waals surface area contributed by atoms with Crippen molar-refractivity contribution in [3.05, 3.63) is 176 Å². The maximum Gasteiger partial charge on any atom is 0.137 e. The largest absolute Gasteiger partial charge is 0.310 e. The Kier molecular flexibility index (Phi) is 6.47. The van der Waals surface area contributed by atoms with Crippen LogP contribution in [0.2, 0.25) is 0 Å². The zero-order valence-corrected chi connectivity index (χ0v) is 24.1. The predicted molar refractivity (Wildman–Crippen MR) is 184 cm³/mol. The van der Waals surface area contributed by atoms with Crippen LogP contribution < -0.4 is 4.90 Å². The molecule has 6 aromatic carbocycles. The lowest BCUT2D eigenvalue weighted by molar-refractivity contribution is 1.19. The molecule has 0 unspecified atom stereocenters. The summed E-state index contributed by atoms with van der Waals surface area (Å²) in [5, 5.41) is 2.44. The maximum absolute atomic E-state index is 5.03. The molecule has 0 aliphatic carbocycles. The molecule has 0 N–H and O–H groups in total. The van der Waals surface area contributed by atoms with Gasteiger partial charge < -0.3 is 4.90 Å². The first-order chi connectivity index (χ1) is 21.8. The van der Waals surface area contributed by atoms with E-state index in [2.05, 4.69) is 173 Å². The van der Waals surface area contributed by atoms with Crippen LogP contribution in [0.3, 0.4) is 0 Å². The van der Waals surface area contributed by atoms with E-state index in [0.717, 1.165) is 45.2 Å². The molecule has 44 heavy (non-hydrogen) atoms. The van der Waals surface area contributed by atoms with E-state index in [-0.39, 0.29) is 0 Å². The Balaban J connectivity index is 1.24. The van der Waals surface area contributed by atoms with Gasteiger partial charge in [-0.25, -0.2) is 4.98 Å². The SMILES string of the molecule is c1ccc(-c2ccc(N(c3ccc(-c4c(-c5ccccc5)nc5ccccn45)cc3)c3ccc4ccccc4c3)cc2)cc1. The number of aromatic nitrogens is 2. The van der Waals surface area contributed by atoms with E-state index in [1.165, 1.54) is 21.9 Å². The van der Waals surface area contributed by atoms with Crippen molar-refractivity contribution in [2.24, 2.45) is 0 Å². The third-order valence-electron chi connectivity index (χ3n) is 8.20. The minimum atomic E-state index is 0.932. The standard InChI is InChI=1S/C41H29N3/c1-3-11-30(12-4-1)32-18-23-36(24-19-32)44(38-27-20-31-13-7-8-16-35(31)29-38)37-25-21-34(22-26-37)41-40(33-14-5-2-6-15-33)42-39-17-9-10-28-43(39)41/h1-29H. The fourth-order valence-electron chi connectivity index (χ4n) is 6.03. The van der Waals surface area contributed by atoms with Gasteiger partial charge in [0.2, 0.25) is 0 Å². The van der Waals surface area contributed by atoms with Gasteiger partial charge in [-0.15, -0.1) is 0 Å². The summed E-state index contributed by atoms with van der Waals surface area (Å²) >= 11 is 0. The summed E-state index contributed by atoms with van der Waals surface area (Å²) < 4.78 is 2.18. The second kappa shape index (κ2) is 11.0. The number of pyridine rings is 1. The summed E-state index contributed by atoms with van der Waals surface area (Å²) in [4.78, 5) is 7.36. The van der Waals surface area contributed by atoms with Gasteiger partial charge in [-0.2, -0.15) is 0 Å². The Morgan fingerprint density at radius 1 is 0.409 bits per heavy atom. The second-order valence-electron chi connectivity index (χ2n) is 10.9. The van der Waals surface area contributed by atoms with Gasteiger partial charge in [0.05, 0.1) is 11.4 Å². The molecule has 0 bridgehead atoms. The number of hydrogen-bond donors (Lipinski definition) is 0. The Labute approximate surface area is 256 Å². The molecule has 2 heterocycles. The number of rotatable bonds is 6. The van der Waals surface area contributed by atoms with Crippen LogP contribution in [-0.2, 0) is 0 Å². The number of fused-ring (bicyclic) bond motifs is 2. The quantitative estimate of drug-likeness (QED) is 0.201. The molecule has 0 fully saturated rings. The summed E-state index contributed by atoms with van der Waals surface area (Å²) in [6.45, 7) is 0. The third kappa shape index (κ3) is 4.71. The van der Waals surface area contributed by atoms with E-state index in [1.54, 1.807) is 0 Å². The van der Waals surface area contributed by atoms with Gasteiger partial charge in [0.25, 0.3) is 0 Å². The third-order valence-corrected chi connectivity index (χ3v) is 8.20. The first-order valence-corrected chi connectivity index (χ1v) is 14.9. The van der Waals surface area contributed by atoms with Crippen LogP contribution in [0.15, 0.2) is 176 Å². The molecular formula is C41H29N3. The Bertz CT molecular complexity index is 2200. The minimum absolute atomic E-state index is 0.932. The van der Waals surface area contributed by atoms with E-state index in [4.69, 9.17) is 4.98 Å². The second-order valence-corrected chi connectivity index (χ2v) is 10.9. The normalized spacial score (nSPS) is 11.2. The van der Waals surface area contributed by atoms with Crippen molar-refractivity contribution in [2.45, 2.75) is 0 Å². The fraction of sp³-hybridized carbons (Fsp3) is 0. The zero-order chi connectivity index (χ0) is 29.3. The summed E-state index contributed by atoms with van der Waals surface area (Å²) in [6, 6.07) is 60.0. The average molecular weight is 564 g/mol. The molecule has 0 radical (unpaired) electrons. The van der Waals surface area contributed by atoms with Gasteiger partial charge in [0.1, 0.15) is 5.65 Å². The van der Waals surface area contributed by atoms with Gasteiger partial charge in [-0.3, -0.25) is 4.40 Å². The lowest BCUT2D eigenvalue weighted by Gasteiger charge is -2.26. The fourth-order valence-corrected chi connectivity index (χ4v) is 6.03. The first-order valence-electron chi connectivity index (χ1n) is 14.9. The van der Waals surface area contributed by atoms with Crippen LogP contribution in [0, 0.1) is 0 Å². The number of anilines is 3. The number of nitrogens with zero attached hydrogens (tertiary/aromatic N) is 3. The van der Waals surface area contributed by atoms with E-state index in [0.29, 0.717) is 0 Å². The zero-order valence-electron chi connectivity index (χ0n) is 24.1. The summed E-state index contributed by atoms with van der Waals surface area (Å²) in [6.07, 6.45) is 2.09. The molecule has 0 amide bonds. The van der Waals surface area contributed by atoms with Crippen molar-refractivity contribution in [2.75, 3.05) is 4.90 Å². The molecule has 208 valence electrons. The minimum Gasteiger partial charge on any atom is -0.310 e. The molecule has 8 aromatic rings. The molecule has 0 saturated carbocycles. The molecule has 0 spiro atoms. The van der Waals surface area contributed by atoms with E-state index >= 15 is 0 Å². The number of benzene rings is 6. The molecule has 0 atom stereocenters. The van der Waals surface area contributed by atoms with Crippen molar-refractivity contribution in [1.29, 1.82) is 0 Å². The number of hydrogen-bond acceptors (Lipinski definition) is 2. The van der Waals surface area contributed by atoms with Crippen LogP contribution in [0.1, 0.15) is 0 Å². The Morgan fingerprint density at radius 2 is 0.955 bits per heavy atom. The van der Waals surface area contributed by atoms with Gasteiger partial charge in [-0.1, -0.05) is 121 Å². The Morgan fingerprint density at radius 3 is 1.66 bits per heavy atom. The molecule has 3 nitrogen and oxygen atoms in total. The van der Waals surface area contributed by atoms with Crippen molar-refractivity contribution in [3.8, 4) is 33.6 Å². The van der Waals surface area contributed by atoms with Crippen molar-refractivity contribution >= 4 is 33.5 Å². The predicted octanol–water partition coefficient (Wildman–Crippen LogP) is 11.0. The monoisotopic (exact) mass is 563 g/mol. The molecular weight excluding hydrogens is 534 g/mol. The van der Waals surface area contributed by atoms with E-state index < -0.39 is 0 Å². The maximum atomic E-state index is 5.03. The molecule has 8 rings (SSSR count). The highest BCUT2D eigenvalue weighted by atomic mass is 15.1. The van der Waals surface area contributed by atoms with Crippen LogP contribution in [0.4, 0.5) is 17.1 Å². The molecule has 0 aliphatic heterocycles. The topological polar surface area (TPSA) is 20.5 Å². The van der Waals surface area contributed by atoms with Crippen molar-refractivity contribution in [3.63, 3.8) is 0 Å². The summed E-state index contributed by atoms with van der Waals surface area (Å²) in [5.41, 5.74) is 10.9.